The first-order valence-electron chi connectivity index (χ1n) is 6.80. The molecule has 0 bridgehead atoms. The Morgan fingerprint density at radius 2 is 2.05 bits per heavy atom. The van der Waals surface area contributed by atoms with Crippen LogP contribution >= 0.6 is 0 Å². The zero-order valence-corrected chi connectivity index (χ0v) is 13.5. The average Bonchev–Trinajstić information content (AvgIpc) is 2.47. The molecule has 1 aromatic carbocycles. The van der Waals surface area contributed by atoms with Gasteiger partial charge in [-0.2, -0.15) is 0 Å². The second-order valence-electron chi connectivity index (χ2n) is 5.07. The third kappa shape index (κ3) is 3.95. The maximum atomic E-state index is 11.7. The molecule has 1 atom stereocenters. The topological polar surface area (TPSA) is 71.2 Å². The third-order valence-corrected chi connectivity index (χ3v) is 4.24. The molecule has 1 aromatic rings. The van der Waals surface area contributed by atoms with Gasteiger partial charge in [0.1, 0.15) is 0 Å². The smallest absolute Gasteiger partial charge is 0.196 e. The number of rotatable bonds is 3. The summed E-state index contributed by atoms with van der Waals surface area (Å²) in [5, 5.41) is 0. The van der Waals surface area contributed by atoms with E-state index < -0.39 is 10.8 Å². The van der Waals surface area contributed by atoms with E-state index in [0.29, 0.717) is 19.2 Å². The van der Waals surface area contributed by atoms with Crippen molar-refractivity contribution in [1.82, 2.24) is 4.90 Å². The number of morpholine rings is 1. The molecular formula is C14H22N4O2S. The van der Waals surface area contributed by atoms with Crippen molar-refractivity contribution in [3.63, 3.8) is 0 Å². The molecule has 2 rings (SSSR count). The van der Waals surface area contributed by atoms with E-state index in [9.17, 15) is 4.21 Å². The normalized spacial score (nSPS) is 17.7. The number of nitrogens with two attached hydrogens (primary N) is 1. The number of hydrogen-bond donors (Lipinski definition) is 1. The molecule has 1 aliphatic rings. The van der Waals surface area contributed by atoms with Crippen LogP contribution in [0.2, 0.25) is 0 Å². The second kappa shape index (κ2) is 6.91. The van der Waals surface area contributed by atoms with Gasteiger partial charge in [-0.05, 0) is 18.2 Å². The number of benzene rings is 1. The van der Waals surface area contributed by atoms with E-state index in [1.54, 1.807) is 11.2 Å². The summed E-state index contributed by atoms with van der Waals surface area (Å²) in [6, 6.07) is 5.69. The van der Waals surface area contributed by atoms with Gasteiger partial charge in [-0.1, -0.05) is 0 Å². The van der Waals surface area contributed by atoms with E-state index in [0.717, 1.165) is 29.4 Å². The molecule has 1 saturated heterocycles. The SMILES string of the molecule is CN(C)C(N)=Nc1cc(S(C)=O)ccc1N1CCOCC1. The number of anilines is 1. The molecule has 0 saturated carbocycles. The molecular weight excluding hydrogens is 288 g/mol. The van der Waals surface area contributed by atoms with E-state index >= 15 is 0 Å². The molecule has 6 nitrogen and oxygen atoms in total. The average molecular weight is 310 g/mol. The Morgan fingerprint density at radius 1 is 1.38 bits per heavy atom. The van der Waals surface area contributed by atoms with Crippen molar-refractivity contribution in [2.24, 2.45) is 10.7 Å². The summed E-state index contributed by atoms with van der Waals surface area (Å²) in [6.45, 7) is 3.04. The number of aliphatic imine (C=N–C) groups is 1. The van der Waals surface area contributed by atoms with Crippen molar-refractivity contribution < 1.29 is 8.95 Å². The highest BCUT2D eigenvalue weighted by Crippen LogP contribution is 2.31. The predicted molar refractivity (Wildman–Crippen MR) is 86.8 cm³/mol. The van der Waals surface area contributed by atoms with Gasteiger partial charge in [-0.15, -0.1) is 0 Å². The van der Waals surface area contributed by atoms with Crippen LogP contribution in [0.4, 0.5) is 11.4 Å². The molecule has 1 aliphatic heterocycles. The van der Waals surface area contributed by atoms with E-state index in [1.807, 2.05) is 32.3 Å². The van der Waals surface area contributed by atoms with Crippen molar-refractivity contribution >= 4 is 28.1 Å². The van der Waals surface area contributed by atoms with Crippen LogP contribution < -0.4 is 10.6 Å². The minimum Gasteiger partial charge on any atom is -0.378 e. The summed E-state index contributed by atoms with van der Waals surface area (Å²) < 4.78 is 17.1. The third-order valence-electron chi connectivity index (χ3n) is 3.32. The summed E-state index contributed by atoms with van der Waals surface area (Å²) in [4.78, 5) is 9.19. The van der Waals surface area contributed by atoms with E-state index in [-0.39, 0.29) is 0 Å². The van der Waals surface area contributed by atoms with Crippen molar-refractivity contribution in [3.05, 3.63) is 18.2 Å². The van der Waals surface area contributed by atoms with Crippen LogP contribution in [0.15, 0.2) is 28.1 Å². The summed E-state index contributed by atoms with van der Waals surface area (Å²) in [5.74, 6) is 0.420. The van der Waals surface area contributed by atoms with Crippen LogP contribution in [0, 0.1) is 0 Å². The Bertz CT molecular complexity index is 554. The summed E-state index contributed by atoms with van der Waals surface area (Å²) in [6.07, 6.45) is 1.66. The number of guanidine groups is 1. The first-order valence-corrected chi connectivity index (χ1v) is 8.36. The highest BCUT2D eigenvalue weighted by atomic mass is 32.2. The Kier molecular flexibility index (Phi) is 5.19. The van der Waals surface area contributed by atoms with Crippen LogP contribution in [-0.4, -0.2) is 61.7 Å². The van der Waals surface area contributed by atoms with Crippen LogP contribution in [0.5, 0.6) is 0 Å². The molecule has 2 N–H and O–H groups in total. The summed E-state index contributed by atoms with van der Waals surface area (Å²) in [5.41, 5.74) is 7.67. The Hall–Kier alpha value is -1.60. The fourth-order valence-corrected chi connectivity index (χ4v) is 2.60. The highest BCUT2D eigenvalue weighted by molar-refractivity contribution is 7.84. The maximum Gasteiger partial charge on any atom is 0.196 e. The predicted octanol–water partition coefficient (Wildman–Crippen LogP) is 0.768. The lowest BCUT2D eigenvalue weighted by molar-refractivity contribution is 0.123. The molecule has 1 heterocycles. The molecule has 0 aliphatic carbocycles. The highest BCUT2D eigenvalue weighted by Gasteiger charge is 2.16. The molecule has 21 heavy (non-hydrogen) atoms. The Labute approximate surface area is 128 Å². The molecule has 116 valence electrons. The summed E-state index contributed by atoms with van der Waals surface area (Å²) in [7, 11) is 2.64. The van der Waals surface area contributed by atoms with Gasteiger partial charge in [-0.25, -0.2) is 4.99 Å². The van der Waals surface area contributed by atoms with Crippen LogP contribution in [0.25, 0.3) is 0 Å². The van der Waals surface area contributed by atoms with Gasteiger partial charge >= 0.3 is 0 Å². The monoisotopic (exact) mass is 310 g/mol. The molecule has 1 unspecified atom stereocenters. The maximum absolute atomic E-state index is 11.7. The molecule has 0 amide bonds. The number of hydrogen-bond acceptors (Lipinski definition) is 4. The molecule has 0 radical (unpaired) electrons. The Balaban J connectivity index is 2.43. The molecule has 0 aromatic heterocycles. The van der Waals surface area contributed by atoms with Crippen LogP contribution in [0.3, 0.4) is 0 Å². The van der Waals surface area contributed by atoms with Gasteiger partial charge in [0, 0.05) is 49.1 Å². The van der Waals surface area contributed by atoms with E-state index in [2.05, 4.69) is 9.89 Å². The van der Waals surface area contributed by atoms with Crippen molar-refractivity contribution in [1.29, 1.82) is 0 Å². The summed E-state index contributed by atoms with van der Waals surface area (Å²) >= 11 is 0. The molecule has 1 fully saturated rings. The fourth-order valence-electron chi connectivity index (χ4n) is 2.07. The zero-order chi connectivity index (χ0) is 15.4. The second-order valence-corrected chi connectivity index (χ2v) is 6.45. The van der Waals surface area contributed by atoms with Gasteiger partial charge in [0.05, 0.1) is 24.6 Å². The Morgan fingerprint density at radius 3 is 2.62 bits per heavy atom. The van der Waals surface area contributed by atoms with Crippen LogP contribution in [0.1, 0.15) is 0 Å². The van der Waals surface area contributed by atoms with Crippen molar-refractivity contribution in [2.75, 3.05) is 51.6 Å². The first kappa shape index (κ1) is 15.8. The van der Waals surface area contributed by atoms with E-state index in [1.165, 1.54) is 0 Å². The lowest BCUT2D eigenvalue weighted by Crippen LogP contribution is -2.36. The number of ether oxygens (including phenoxy) is 1. The minimum absolute atomic E-state index is 0.420. The van der Waals surface area contributed by atoms with Gasteiger partial charge in [-0.3, -0.25) is 4.21 Å². The first-order chi connectivity index (χ1) is 9.99. The van der Waals surface area contributed by atoms with Gasteiger partial charge in [0.15, 0.2) is 5.96 Å². The van der Waals surface area contributed by atoms with Gasteiger partial charge < -0.3 is 20.3 Å². The zero-order valence-electron chi connectivity index (χ0n) is 12.7. The lowest BCUT2D eigenvalue weighted by atomic mass is 10.2. The molecule has 7 heteroatoms. The number of nitrogens with zero attached hydrogens (tertiary/aromatic N) is 3. The fraction of sp³-hybridized carbons (Fsp3) is 0.500. The van der Waals surface area contributed by atoms with E-state index in [4.69, 9.17) is 10.5 Å². The van der Waals surface area contributed by atoms with Gasteiger partial charge in [0.2, 0.25) is 0 Å². The van der Waals surface area contributed by atoms with Crippen molar-refractivity contribution in [2.45, 2.75) is 4.90 Å². The van der Waals surface area contributed by atoms with Gasteiger partial charge in [0.25, 0.3) is 0 Å². The van der Waals surface area contributed by atoms with Crippen molar-refractivity contribution in [3.8, 4) is 0 Å². The van der Waals surface area contributed by atoms with Crippen LogP contribution in [-0.2, 0) is 15.5 Å². The standard InChI is InChI=1S/C14H22N4O2S/c1-17(2)14(15)16-12-10-11(21(3)19)4-5-13(12)18-6-8-20-9-7-18/h4-5,10H,6-9H2,1-3H3,(H2,15,16). The largest absolute Gasteiger partial charge is 0.378 e. The molecule has 0 spiro atoms. The quantitative estimate of drug-likeness (QED) is 0.659. The minimum atomic E-state index is -1.04. The lowest BCUT2D eigenvalue weighted by Gasteiger charge is -2.30.